The van der Waals surface area contributed by atoms with E-state index in [4.69, 9.17) is 10.5 Å². The Hall–Kier alpha value is -2.08. The van der Waals surface area contributed by atoms with E-state index in [1.54, 1.807) is 0 Å². The van der Waals surface area contributed by atoms with E-state index < -0.39 is 6.03 Å². The Labute approximate surface area is 124 Å². The highest BCUT2D eigenvalue weighted by molar-refractivity contribution is 5.94. The van der Waals surface area contributed by atoms with Gasteiger partial charge in [-0.05, 0) is 44.0 Å². The fraction of sp³-hybridized carbons (Fsp3) is 0.467. The van der Waals surface area contributed by atoms with Crippen molar-refractivity contribution in [3.05, 3.63) is 30.3 Å². The van der Waals surface area contributed by atoms with Gasteiger partial charge in [0, 0.05) is 0 Å². The fourth-order valence-electron chi connectivity index (χ4n) is 2.42. The number of para-hydroxylation sites is 1. The lowest BCUT2D eigenvalue weighted by Gasteiger charge is -2.31. The molecule has 1 aliphatic heterocycles. The zero-order valence-corrected chi connectivity index (χ0v) is 12.0. The van der Waals surface area contributed by atoms with Gasteiger partial charge in [-0.15, -0.1) is 0 Å². The van der Waals surface area contributed by atoms with E-state index in [1.807, 2.05) is 35.2 Å². The number of ether oxygens (including phenoxy) is 1. The lowest BCUT2D eigenvalue weighted by atomic mass is 9.98. The van der Waals surface area contributed by atoms with Crippen LogP contribution in [0.25, 0.3) is 0 Å². The average molecular weight is 291 g/mol. The van der Waals surface area contributed by atoms with Gasteiger partial charge < -0.3 is 10.5 Å². The van der Waals surface area contributed by atoms with Crippen molar-refractivity contribution in [1.29, 1.82) is 0 Å². The van der Waals surface area contributed by atoms with Crippen molar-refractivity contribution >= 4 is 11.9 Å². The summed E-state index contributed by atoms with van der Waals surface area (Å²) in [5.74, 6) is 1.04. The summed E-state index contributed by atoms with van der Waals surface area (Å²) in [6.07, 6.45) is 1.97. The van der Waals surface area contributed by atoms with Crippen molar-refractivity contribution in [2.75, 3.05) is 26.2 Å². The van der Waals surface area contributed by atoms with Gasteiger partial charge in [0.1, 0.15) is 5.75 Å². The minimum Gasteiger partial charge on any atom is -0.493 e. The largest absolute Gasteiger partial charge is 0.493 e. The van der Waals surface area contributed by atoms with Crippen LogP contribution in [0, 0.1) is 5.92 Å². The first-order valence-corrected chi connectivity index (χ1v) is 7.13. The number of carbonyl (C=O) groups is 2. The number of nitrogens with two attached hydrogens (primary N) is 1. The van der Waals surface area contributed by atoms with Crippen LogP contribution >= 0.6 is 0 Å². The highest BCUT2D eigenvalue weighted by atomic mass is 16.5. The number of carbonyl (C=O) groups excluding carboxylic acids is 2. The maximum atomic E-state index is 11.4. The Morgan fingerprint density at radius 1 is 1.24 bits per heavy atom. The molecule has 3 amide bonds. The van der Waals surface area contributed by atoms with Gasteiger partial charge >= 0.3 is 6.03 Å². The fourth-order valence-corrected chi connectivity index (χ4v) is 2.42. The first kappa shape index (κ1) is 15.3. The van der Waals surface area contributed by atoms with Gasteiger partial charge in [-0.2, -0.15) is 0 Å². The second-order valence-corrected chi connectivity index (χ2v) is 5.26. The molecular formula is C15H21N3O3. The zero-order chi connectivity index (χ0) is 15.1. The summed E-state index contributed by atoms with van der Waals surface area (Å²) in [6.45, 7) is 2.57. The molecule has 114 valence electrons. The Bertz CT molecular complexity index is 470. The Morgan fingerprint density at radius 2 is 1.90 bits per heavy atom. The van der Waals surface area contributed by atoms with E-state index in [1.165, 1.54) is 0 Å². The van der Waals surface area contributed by atoms with Gasteiger partial charge in [-0.1, -0.05) is 18.2 Å². The molecule has 1 aliphatic rings. The van der Waals surface area contributed by atoms with Crippen LogP contribution < -0.4 is 15.8 Å². The number of hydrogen-bond acceptors (Lipinski definition) is 4. The molecule has 0 unspecified atom stereocenters. The van der Waals surface area contributed by atoms with Crippen LogP contribution in [-0.4, -0.2) is 43.1 Å². The molecule has 0 atom stereocenters. The summed E-state index contributed by atoms with van der Waals surface area (Å²) < 4.78 is 5.76. The number of imide groups is 1. The molecular weight excluding hydrogens is 270 g/mol. The lowest BCUT2D eigenvalue weighted by Crippen LogP contribution is -2.45. The molecule has 3 N–H and O–H groups in total. The van der Waals surface area contributed by atoms with Gasteiger partial charge in [-0.25, -0.2) is 4.79 Å². The molecule has 6 heteroatoms. The molecule has 0 saturated carbocycles. The van der Waals surface area contributed by atoms with E-state index in [-0.39, 0.29) is 12.5 Å². The van der Waals surface area contributed by atoms with Crippen LogP contribution in [0.15, 0.2) is 30.3 Å². The highest BCUT2D eigenvalue weighted by Crippen LogP contribution is 2.19. The molecule has 0 aliphatic carbocycles. The van der Waals surface area contributed by atoms with Crippen LogP contribution in [0.2, 0.25) is 0 Å². The summed E-state index contributed by atoms with van der Waals surface area (Å²) in [5.41, 5.74) is 4.91. The minimum atomic E-state index is -0.800. The molecule has 6 nitrogen and oxygen atoms in total. The van der Waals surface area contributed by atoms with Crippen LogP contribution in [0.5, 0.6) is 5.75 Å². The molecule has 1 heterocycles. The van der Waals surface area contributed by atoms with Gasteiger partial charge in [0.25, 0.3) is 0 Å². The van der Waals surface area contributed by atoms with Gasteiger partial charge in [0.2, 0.25) is 5.91 Å². The number of amides is 3. The van der Waals surface area contributed by atoms with Crippen molar-refractivity contribution in [2.24, 2.45) is 11.7 Å². The van der Waals surface area contributed by atoms with E-state index in [0.29, 0.717) is 12.5 Å². The van der Waals surface area contributed by atoms with E-state index in [9.17, 15) is 9.59 Å². The maximum Gasteiger partial charge on any atom is 0.318 e. The van der Waals surface area contributed by atoms with Crippen LogP contribution in [-0.2, 0) is 4.79 Å². The van der Waals surface area contributed by atoms with Crippen LogP contribution in [0.3, 0.4) is 0 Å². The molecule has 1 aromatic rings. The Morgan fingerprint density at radius 3 is 2.52 bits per heavy atom. The third kappa shape index (κ3) is 5.43. The Balaban J connectivity index is 1.66. The molecule has 0 spiro atoms. The molecule has 0 bridgehead atoms. The standard InChI is InChI=1S/C15H21N3O3/c16-15(20)17-14(19)10-18-8-6-12(7-9-18)11-21-13-4-2-1-3-5-13/h1-5,12H,6-11H2,(H3,16,17,19,20). The summed E-state index contributed by atoms with van der Waals surface area (Å²) >= 11 is 0. The second-order valence-electron chi connectivity index (χ2n) is 5.26. The van der Waals surface area contributed by atoms with Crippen molar-refractivity contribution in [1.82, 2.24) is 10.2 Å². The molecule has 0 aromatic heterocycles. The predicted molar refractivity (Wildman–Crippen MR) is 78.8 cm³/mol. The smallest absolute Gasteiger partial charge is 0.318 e. The molecule has 1 fully saturated rings. The summed E-state index contributed by atoms with van der Waals surface area (Å²) in [7, 11) is 0. The predicted octanol–water partition coefficient (Wildman–Crippen LogP) is 0.972. The van der Waals surface area contributed by atoms with Crippen molar-refractivity contribution in [3.63, 3.8) is 0 Å². The molecule has 1 saturated heterocycles. The van der Waals surface area contributed by atoms with E-state index in [2.05, 4.69) is 5.32 Å². The molecule has 2 rings (SSSR count). The second kappa shape index (κ2) is 7.64. The number of hydrogen-bond donors (Lipinski definition) is 2. The topological polar surface area (TPSA) is 84.7 Å². The minimum absolute atomic E-state index is 0.217. The summed E-state index contributed by atoms with van der Waals surface area (Å²) in [6, 6.07) is 8.96. The number of rotatable bonds is 5. The van der Waals surface area contributed by atoms with Crippen molar-refractivity contribution in [2.45, 2.75) is 12.8 Å². The van der Waals surface area contributed by atoms with Crippen molar-refractivity contribution < 1.29 is 14.3 Å². The Kier molecular flexibility index (Phi) is 5.57. The first-order chi connectivity index (χ1) is 10.1. The number of nitrogens with zero attached hydrogens (tertiary/aromatic N) is 1. The highest BCUT2D eigenvalue weighted by Gasteiger charge is 2.21. The van der Waals surface area contributed by atoms with Crippen molar-refractivity contribution in [3.8, 4) is 5.75 Å². The third-order valence-electron chi connectivity index (χ3n) is 3.57. The number of urea groups is 1. The normalized spacial score (nSPS) is 16.4. The number of piperidine rings is 1. The number of nitrogens with one attached hydrogen (secondary N) is 1. The molecule has 21 heavy (non-hydrogen) atoms. The SMILES string of the molecule is NC(=O)NC(=O)CN1CCC(COc2ccccc2)CC1. The monoisotopic (exact) mass is 291 g/mol. The first-order valence-electron chi connectivity index (χ1n) is 7.13. The number of benzene rings is 1. The zero-order valence-electron chi connectivity index (χ0n) is 12.0. The van der Waals surface area contributed by atoms with Gasteiger partial charge in [-0.3, -0.25) is 15.0 Å². The quantitative estimate of drug-likeness (QED) is 0.846. The van der Waals surface area contributed by atoms with E-state index in [0.717, 1.165) is 31.7 Å². The molecule has 1 aromatic carbocycles. The third-order valence-corrected chi connectivity index (χ3v) is 3.57. The number of primary amides is 1. The number of likely N-dealkylation sites (tertiary alicyclic amines) is 1. The van der Waals surface area contributed by atoms with Gasteiger partial charge in [0.05, 0.1) is 13.2 Å². The van der Waals surface area contributed by atoms with Crippen LogP contribution in [0.1, 0.15) is 12.8 Å². The maximum absolute atomic E-state index is 11.4. The van der Waals surface area contributed by atoms with Gasteiger partial charge in [0.15, 0.2) is 0 Å². The molecule has 0 radical (unpaired) electrons. The van der Waals surface area contributed by atoms with Crippen LogP contribution in [0.4, 0.5) is 4.79 Å². The van der Waals surface area contributed by atoms with E-state index >= 15 is 0 Å². The summed E-state index contributed by atoms with van der Waals surface area (Å²) in [5, 5.41) is 2.08. The summed E-state index contributed by atoms with van der Waals surface area (Å²) in [4.78, 5) is 24.0. The lowest BCUT2D eigenvalue weighted by molar-refractivity contribution is -0.121. The average Bonchev–Trinajstić information content (AvgIpc) is 2.47.